The van der Waals surface area contributed by atoms with E-state index < -0.39 is 7.26 Å². The number of halogens is 2. The minimum absolute atomic E-state index is 0.420. The van der Waals surface area contributed by atoms with Gasteiger partial charge < -0.3 is 0 Å². The van der Waals surface area contributed by atoms with Gasteiger partial charge in [0.15, 0.2) is 7.26 Å². The van der Waals surface area contributed by atoms with E-state index in [0.717, 1.165) is 11.0 Å². The van der Waals surface area contributed by atoms with Crippen LogP contribution in [0.3, 0.4) is 0 Å². The van der Waals surface area contributed by atoms with E-state index in [-0.39, 0.29) is 0 Å². The van der Waals surface area contributed by atoms with Crippen molar-refractivity contribution >= 4 is 51.5 Å². The number of aryl methyl sites for hydroxylation is 1. The fourth-order valence-corrected chi connectivity index (χ4v) is 8.53. The standard InChI is InChI=1S/C28H23Cl2NP/c1-22-17-19-23(20-18-22)28(30)31-27(21-29)32(24-11-5-2-6-12-24,25-13-7-3-8-14-25)26-15-9-4-10-16-26/h2-21H,1H3/q+1/b27-21+,31-28-. The van der Waals surface area contributed by atoms with Crippen LogP contribution in [0.2, 0.25) is 0 Å². The second-order valence-electron chi connectivity index (χ2n) is 7.41. The minimum Gasteiger partial charge on any atom is -0.199 e. The molecule has 0 aliphatic heterocycles. The van der Waals surface area contributed by atoms with E-state index >= 15 is 0 Å². The third kappa shape index (κ3) is 4.43. The van der Waals surface area contributed by atoms with Crippen LogP contribution in [0, 0.1) is 6.92 Å². The molecule has 0 unspecified atom stereocenters. The summed E-state index contributed by atoms with van der Waals surface area (Å²) < 4.78 is 0. The Morgan fingerprint density at radius 2 is 1.06 bits per heavy atom. The minimum atomic E-state index is -2.39. The van der Waals surface area contributed by atoms with Gasteiger partial charge in [0.05, 0.1) is 5.54 Å². The average molecular weight is 475 g/mol. The molecule has 4 aromatic carbocycles. The highest BCUT2D eigenvalue weighted by atomic mass is 35.5. The summed E-state index contributed by atoms with van der Waals surface area (Å²) in [5.74, 6) is 0. The summed E-state index contributed by atoms with van der Waals surface area (Å²) in [7, 11) is -2.39. The van der Waals surface area contributed by atoms with Gasteiger partial charge in [-0.25, -0.2) is 0 Å². The van der Waals surface area contributed by atoms with Crippen molar-refractivity contribution in [3.05, 3.63) is 137 Å². The monoisotopic (exact) mass is 474 g/mol. The first-order chi connectivity index (χ1) is 15.7. The second kappa shape index (κ2) is 10.3. The van der Waals surface area contributed by atoms with Crippen molar-refractivity contribution in [1.82, 2.24) is 0 Å². The highest BCUT2D eigenvalue weighted by Gasteiger charge is 2.50. The van der Waals surface area contributed by atoms with Crippen LogP contribution in [0.25, 0.3) is 0 Å². The molecule has 0 atom stereocenters. The summed E-state index contributed by atoms with van der Waals surface area (Å²) in [5.41, 5.74) is 4.39. The van der Waals surface area contributed by atoms with Gasteiger partial charge in [0.25, 0.3) is 0 Å². The van der Waals surface area contributed by atoms with Crippen LogP contribution >= 0.6 is 30.5 Å². The molecule has 0 fully saturated rings. The predicted octanol–water partition coefficient (Wildman–Crippen LogP) is 7.01. The molecule has 0 aliphatic rings. The summed E-state index contributed by atoms with van der Waals surface area (Å²) in [4.78, 5) is 4.96. The lowest BCUT2D eigenvalue weighted by Gasteiger charge is -2.27. The Labute approximate surface area is 200 Å². The average Bonchev–Trinajstić information content (AvgIpc) is 2.86. The molecule has 158 valence electrons. The van der Waals surface area contributed by atoms with Crippen molar-refractivity contribution in [2.24, 2.45) is 4.99 Å². The predicted molar refractivity (Wildman–Crippen MR) is 143 cm³/mol. The SMILES string of the molecule is Cc1ccc(/C(Cl)=N/C(=C\Cl)[P+](c2ccccc2)(c2ccccc2)c2ccccc2)cc1. The van der Waals surface area contributed by atoms with Gasteiger partial charge in [-0.3, -0.25) is 0 Å². The normalized spacial score (nSPS) is 12.6. The molecule has 0 spiro atoms. The van der Waals surface area contributed by atoms with Gasteiger partial charge in [-0.15, -0.1) is 0 Å². The van der Waals surface area contributed by atoms with Crippen molar-refractivity contribution in [3.8, 4) is 0 Å². The van der Waals surface area contributed by atoms with E-state index in [2.05, 4.69) is 79.7 Å². The van der Waals surface area contributed by atoms with E-state index in [1.165, 1.54) is 21.5 Å². The van der Waals surface area contributed by atoms with E-state index in [4.69, 9.17) is 28.2 Å². The molecule has 0 saturated carbocycles. The maximum absolute atomic E-state index is 6.77. The van der Waals surface area contributed by atoms with Gasteiger partial charge in [0.1, 0.15) is 21.1 Å². The van der Waals surface area contributed by atoms with Crippen molar-refractivity contribution < 1.29 is 0 Å². The molecule has 0 heterocycles. The third-order valence-corrected chi connectivity index (χ3v) is 10.2. The maximum Gasteiger partial charge on any atom is 0.211 e. The van der Waals surface area contributed by atoms with Gasteiger partial charge in [0, 0.05) is 5.56 Å². The van der Waals surface area contributed by atoms with Crippen molar-refractivity contribution in [1.29, 1.82) is 0 Å². The number of rotatable bonds is 6. The summed E-state index contributed by atoms with van der Waals surface area (Å²) >= 11 is 13.3. The first-order valence-electron chi connectivity index (χ1n) is 10.3. The largest absolute Gasteiger partial charge is 0.211 e. The number of aliphatic imine (C=N–C) groups is 1. The Balaban J connectivity index is 2.02. The molecule has 0 aliphatic carbocycles. The number of nitrogens with zero attached hydrogens (tertiary/aromatic N) is 1. The van der Waals surface area contributed by atoms with Crippen molar-refractivity contribution in [2.45, 2.75) is 6.92 Å². The Morgan fingerprint density at radius 1 is 0.656 bits per heavy atom. The van der Waals surface area contributed by atoms with Crippen LogP contribution in [0.5, 0.6) is 0 Å². The quantitative estimate of drug-likeness (QED) is 0.210. The summed E-state index contributed by atoms with van der Waals surface area (Å²) in [6.07, 6.45) is 0. The zero-order chi connectivity index (χ0) is 22.4. The van der Waals surface area contributed by atoms with E-state index in [1.54, 1.807) is 5.54 Å². The molecular formula is C28H23Cl2NP+. The number of hydrogen-bond donors (Lipinski definition) is 0. The van der Waals surface area contributed by atoms with E-state index in [0.29, 0.717) is 5.17 Å². The number of benzene rings is 4. The highest BCUT2D eigenvalue weighted by Crippen LogP contribution is 2.63. The zero-order valence-electron chi connectivity index (χ0n) is 17.7. The molecule has 4 heteroatoms. The first kappa shape index (κ1) is 22.5. The highest BCUT2D eigenvalue weighted by molar-refractivity contribution is 7.99. The zero-order valence-corrected chi connectivity index (χ0v) is 20.1. The van der Waals surface area contributed by atoms with Gasteiger partial charge >= 0.3 is 0 Å². The third-order valence-electron chi connectivity index (χ3n) is 5.37. The Hall–Kier alpha value is -2.70. The van der Waals surface area contributed by atoms with E-state index in [9.17, 15) is 0 Å². The molecule has 0 N–H and O–H groups in total. The molecule has 4 aromatic rings. The molecule has 0 amide bonds. The van der Waals surface area contributed by atoms with Gasteiger partial charge in [0.2, 0.25) is 5.44 Å². The molecule has 0 bridgehead atoms. The molecule has 32 heavy (non-hydrogen) atoms. The lowest BCUT2D eigenvalue weighted by atomic mass is 10.2. The number of hydrogen-bond acceptors (Lipinski definition) is 1. The lowest BCUT2D eigenvalue weighted by molar-refractivity contribution is 1.45. The van der Waals surface area contributed by atoms with Crippen LogP contribution in [0.4, 0.5) is 0 Å². The maximum atomic E-state index is 6.77. The summed E-state index contributed by atoms with van der Waals surface area (Å²) in [5, 5.41) is 3.92. The van der Waals surface area contributed by atoms with Crippen molar-refractivity contribution in [2.75, 3.05) is 0 Å². The summed E-state index contributed by atoms with van der Waals surface area (Å²) in [6, 6.07) is 39.4. The van der Waals surface area contributed by atoms with Crippen LogP contribution in [0.15, 0.2) is 131 Å². The van der Waals surface area contributed by atoms with Crippen LogP contribution in [-0.2, 0) is 0 Å². The molecule has 0 aromatic heterocycles. The van der Waals surface area contributed by atoms with Gasteiger partial charge in [-0.1, -0.05) is 108 Å². The Kier molecular flexibility index (Phi) is 7.22. The molecular weight excluding hydrogens is 452 g/mol. The molecule has 0 radical (unpaired) electrons. The second-order valence-corrected chi connectivity index (χ2v) is 11.3. The van der Waals surface area contributed by atoms with Gasteiger partial charge in [-0.05, 0) is 43.3 Å². The Bertz CT molecular complexity index is 1120. The molecule has 0 saturated heterocycles. The molecule has 1 nitrogen and oxygen atoms in total. The lowest BCUT2D eigenvalue weighted by Crippen LogP contribution is -2.32. The van der Waals surface area contributed by atoms with Crippen molar-refractivity contribution in [3.63, 3.8) is 0 Å². The first-order valence-corrected chi connectivity index (χ1v) is 12.9. The van der Waals surface area contributed by atoms with Crippen LogP contribution in [0.1, 0.15) is 11.1 Å². The molecule has 4 rings (SSSR count). The van der Waals surface area contributed by atoms with E-state index in [1.807, 2.05) is 42.5 Å². The Morgan fingerprint density at radius 3 is 1.44 bits per heavy atom. The fraction of sp³-hybridized carbons (Fsp3) is 0.0357. The summed E-state index contributed by atoms with van der Waals surface area (Å²) in [6.45, 7) is 2.05. The van der Waals surface area contributed by atoms with Crippen LogP contribution < -0.4 is 15.9 Å². The van der Waals surface area contributed by atoms with Gasteiger partial charge in [-0.2, -0.15) is 4.99 Å². The topological polar surface area (TPSA) is 12.4 Å². The van der Waals surface area contributed by atoms with Crippen LogP contribution in [-0.4, -0.2) is 5.17 Å². The smallest absolute Gasteiger partial charge is 0.199 e. The fourth-order valence-electron chi connectivity index (χ4n) is 3.83.